The summed E-state index contributed by atoms with van der Waals surface area (Å²) in [6.07, 6.45) is 1.13. The summed E-state index contributed by atoms with van der Waals surface area (Å²) < 4.78 is 20.3. The van der Waals surface area contributed by atoms with Gasteiger partial charge in [-0.2, -0.15) is 4.98 Å². The van der Waals surface area contributed by atoms with Gasteiger partial charge >= 0.3 is 5.69 Å². The van der Waals surface area contributed by atoms with E-state index in [1.807, 2.05) is 0 Å². The Labute approximate surface area is 49.8 Å². The Morgan fingerprint density at radius 1 is 2.12 bits per heavy atom. The first-order chi connectivity index (χ1) is 5.11. The largest absolute Gasteiger partial charge is 0.383 e. The lowest BCUT2D eigenvalue weighted by Gasteiger charge is -1.83. The summed E-state index contributed by atoms with van der Waals surface area (Å²) in [5, 5.41) is 0. The molecule has 1 aromatic heterocycles. The quantitative estimate of drug-likeness (QED) is 0.509. The van der Waals surface area contributed by atoms with Crippen molar-refractivity contribution < 1.29 is 4.24 Å². The zero-order valence-corrected chi connectivity index (χ0v) is 3.90. The number of nitrogen functional groups attached to an aromatic ring is 1. The van der Waals surface area contributed by atoms with Crippen LogP contribution >= 0.6 is 0 Å². The van der Waals surface area contributed by atoms with Crippen molar-refractivity contribution in [3.05, 3.63) is 22.7 Å². The highest BCUT2D eigenvalue weighted by Gasteiger charge is 1.81. The van der Waals surface area contributed by atoms with E-state index in [0.717, 1.165) is 6.20 Å². The van der Waals surface area contributed by atoms with Crippen LogP contribution in [0, 0.1) is 0 Å². The van der Waals surface area contributed by atoms with E-state index < -0.39 is 5.69 Å². The van der Waals surface area contributed by atoms with Crippen LogP contribution in [-0.4, -0.2) is 9.96 Å². The van der Waals surface area contributed by atoms with Crippen molar-refractivity contribution in [1.82, 2.24) is 9.96 Å². The van der Waals surface area contributed by atoms with Gasteiger partial charge < -0.3 is 10.7 Å². The minimum Gasteiger partial charge on any atom is -0.383 e. The van der Waals surface area contributed by atoms with E-state index in [-0.39, 0.29) is 11.5 Å². The third-order valence-corrected chi connectivity index (χ3v) is 0.619. The van der Waals surface area contributed by atoms with Crippen LogP contribution in [0.4, 0.5) is 5.82 Å². The van der Waals surface area contributed by atoms with Gasteiger partial charge in [0.25, 0.3) is 0 Å². The molecule has 42 valence electrons. The van der Waals surface area contributed by atoms with E-state index in [1.165, 1.54) is 6.07 Å². The fraction of sp³-hybridized carbons (Fsp3) is 0. The highest BCUT2D eigenvalue weighted by molar-refractivity contribution is 5.22. The normalized spacial score (nSPS) is 13.8. The molecule has 0 saturated carbocycles. The summed E-state index contributed by atoms with van der Waals surface area (Å²) in [4.78, 5) is 14.4. The van der Waals surface area contributed by atoms with Crippen LogP contribution in [0.2, 0.25) is 4.24 Å². The number of nitrogens with two attached hydrogens (primary N) is 1. The maximum Gasteiger partial charge on any atom is 0.346 e. The predicted octanol–water partition coefficient (Wildman–Crippen LogP) is -0.648. The molecule has 4 heteroatoms. The van der Waals surface area contributed by atoms with Gasteiger partial charge in [-0.05, 0) is 6.07 Å². The number of nitrogens with one attached hydrogen (secondary N) is 1. The maximum absolute atomic E-state index is 10.6. The van der Waals surface area contributed by atoms with Crippen LogP contribution in [-0.2, 0) is 0 Å². The van der Waals surface area contributed by atoms with Crippen LogP contribution in [0.25, 0.3) is 0 Å². The van der Waals surface area contributed by atoms with Gasteiger partial charge in [0, 0.05) is 6.20 Å². The van der Waals surface area contributed by atoms with Gasteiger partial charge in [-0.15, -0.1) is 0 Å². The highest BCUT2D eigenvalue weighted by atomic mass is 16.1. The van der Waals surface area contributed by atoms with Crippen molar-refractivity contribution in [1.29, 1.82) is 0 Å². The summed E-state index contributed by atoms with van der Waals surface area (Å²) in [7, 11) is 0. The van der Waals surface area contributed by atoms with E-state index in [1.54, 1.807) is 0 Å². The second-order valence-electron chi connectivity index (χ2n) is 1.20. The molecule has 0 atom stereocenters. The third-order valence-electron chi connectivity index (χ3n) is 0.619. The molecule has 0 fully saturated rings. The smallest absolute Gasteiger partial charge is 0.346 e. The molecule has 0 unspecified atom stereocenters. The summed E-state index contributed by atoms with van der Waals surface area (Å²) >= 11 is 0. The zero-order chi connectivity index (χ0) is 8.43. The van der Waals surface area contributed by atoms with Crippen LogP contribution in [0.5, 0.6) is 0 Å². The summed E-state index contributed by atoms with van der Waals surface area (Å²) in [6.45, 7) is 0. The number of hydrogen-bond donors (Lipinski definition) is 2. The number of rotatable bonds is 1. The van der Waals surface area contributed by atoms with E-state index in [0.29, 0.717) is 4.98 Å². The molecule has 0 amide bonds. The van der Waals surface area contributed by atoms with E-state index in [2.05, 4.69) is 4.98 Å². The standard InChI is InChI=1S/C4H5N3O/c5-3-1-2-6-4(8)7-3/h1-2H,(H3,5,6,7,8)/i/hD3. The molecule has 0 aromatic carbocycles. The minimum atomic E-state index is -0.799. The molecule has 3 N–H and O–H groups in total. The van der Waals surface area contributed by atoms with Gasteiger partial charge in [0.15, 0.2) is 4.24 Å². The molecular formula is C4H5N3O. The lowest BCUT2D eigenvalue weighted by molar-refractivity contribution is 1.08. The molecule has 1 aromatic rings. The number of hydrogen-bond acceptors (Lipinski definition) is 3. The molecule has 4 nitrogen and oxygen atoms in total. The minimum absolute atomic E-state index is 0.0986. The van der Waals surface area contributed by atoms with Crippen molar-refractivity contribution in [2.75, 3.05) is 5.72 Å². The number of nitrogens with zero attached hydrogens (tertiary/aromatic N) is 1. The molecule has 0 aliphatic carbocycles. The molecule has 1 rings (SSSR count). The monoisotopic (exact) mass is 114 g/mol. The Morgan fingerprint density at radius 2 is 3.00 bits per heavy atom. The molecule has 0 radical (unpaired) electrons. The number of aromatic nitrogens is 2. The Balaban J connectivity index is 3.16. The molecule has 0 aliphatic heterocycles. The van der Waals surface area contributed by atoms with Gasteiger partial charge in [-0.1, -0.05) is 0 Å². The van der Waals surface area contributed by atoms with Crippen LogP contribution < -0.4 is 11.4 Å². The van der Waals surface area contributed by atoms with Crippen molar-refractivity contribution in [2.24, 2.45) is 0 Å². The zero-order valence-electron chi connectivity index (χ0n) is 6.90. The highest BCUT2D eigenvalue weighted by Crippen LogP contribution is 1.82. The topological polar surface area (TPSA) is 71.8 Å². The first-order valence-electron chi connectivity index (χ1n) is 3.32. The molecule has 0 spiro atoms. The molecular weight excluding hydrogens is 106 g/mol. The van der Waals surface area contributed by atoms with Gasteiger partial charge in [0.2, 0.25) is 0 Å². The molecule has 0 bridgehead atoms. The van der Waals surface area contributed by atoms with Gasteiger partial charge in [-0.25, -0.2) is 4.79 Å². The Hall–Kier alpha value is -1.32. The van der Waals surface area contributed by atoms with E-state index in [4.69, 9.17) is 4.24 Å². The second kappa shape index (κ2) is 1.65. The Kier molecular flexibility index (Phi) is 0.475. The maximum atomic E-state index is 10.6. The van der Waals surface area contributed by atoms with Crippen molar-refractivity contribution in [2.45, 2.75) is 0 Å². The lowest BCUT2D eigenvalue weighted by atomic mass is 10.6. The molecule has 1 heterocycles. The molecule has 0 saturated heterocycles. The van der Waals surface area contributed by atoms with Crippen LogP contribution in [0.15, 0.2) is 17.1 Å². The molecule has 8 heavy (non-hydrogen) atoms. The number of anilines is 1. The summed E-state index contributed by atoms with van der Waals surface area (Å²) in [5.41, 5.74) is -0.589. The lowest BCUT2D eigenvalue weighted by Crippen LogP contribution is -2.10. The van der Waals surface area contributed by atoms with Crippen LogP contribution in [0.3, 0.4) is 0 Å². The number of H-pyrrole nitrogens is 1. The van der Waals surface area contributed by atoms with E-state index >= 15 is 0 Å². The van der Waals surface area contributed by atoms with Crippen molar-refractivity contribution >= 4 is 5.82 Å². The van der Waals surface area contributed by atoms with E-state index in [9.17, 15) is 4.79 Å². The average Bonchev–Trinajstić information content (AvgIpc) is 1.94. The average molecular weight is 114 g/mol. The van der Waals surface area contributed by atoms with Gasteiger partial charge in [0.1, 0.15) is 5.82 Å². The first-order valence-corrected chi connectivity index (χ1v) is 1.98. The predicted molar refractivity (Wildman–Crippen MR) is 29.3 cm³/mol. The fourth-order valence-corrected chi connectivity index (χ4v) is 0.332. The van der Waals surface area contributed by atoms with Crippen LogP contribution in [0.1, 0.15) is 0 Å². The Morgan fingerprint density at radius 3 is 3.62 bits per heavy atom. The first kappa shape index (κ1) is 2.30. The number of aromatic amines is 1. The van der Waals surface area contributed by atoms with Gasteiger partial charge in [0.05, 0.1) is 0 Å². The van der Waals surface area contributed by atoms with Crippen molar-refractivity contribution in [3.63, 3.8) is 0 Å². The van der Waals surface area contributed by atoms with Crippen molar-refractivity contribution in [3.8, 4) is 0 Å². The SMILES string of the molecule is [2H]N([2H])c1ccn([2H])c(=O)n1. The molecule has 0 aliphatic rings. The fourth-order valence-electron chi connectivity index (χ4n) is 0.332. The summed E-state index contributed by atoms with van der Waals surface area (Å²) in [5.74, 6) is -0.0986. The second-order valence-corrected chi connectivity index (χ2v) is 1.20. The summed E-state index contributed by atoms with van der Waals surface area (Å²) in [6, 6.07) is 1.23. The van der Waals surface area contributed by atoms with Gasteiger partial charge in [-0.3, -0.25) is 0 Å². The Bertz CT molecular complexity index is 310. The third kappa shape index (κ3) is 0.841.